The number of carbonyl (C=O) groups excluding carboxylic acids is 3. The van der Waals surface area contributed by atoms with E-state index in [9.17, 15) is 14.4 Å². The highest BCUT2D eigenvalue weighted by Crippen LogP contribution is 2.70. The molecule has 0 N–H and O–H groups in total. The number of hydrogen-bond donors (Lipinski definition) is 0. The minimum absolute atomic E-state index is 0.0119. The Bertz CT molecular complexity index is 818. The van der Waals surface area contributed by atoms with Crippen LogP contribution < -0.4 is 0 Å². The van der Waals surface area contributed by atoms with Crippen molar-refractivity contribution in [3.05, 3.63) is 11.6 Å². The molecule has 0 bridgehead atoms. The van der Waals surface area contributed by atoms with E-state index in [1.165, 1.54) is 17.3 Å². The summed E-state index contributed by atoms with van der Waals surface area (Å²) in [5.41, 5.74) is 1.09. The maximum atomic E-state index is 12.2. The fraction of sp³-hybridized carbons (Fsp3) is 0.792. The molecule has 5 rings (SSSR count). The SMILES string of the molecule is CC(=O)S[C@@H]1CC2=CC(=O)CC[C@]2(C)[C@@H]2CC[C@@]3(C)[C@@H](CC[C@@]34CCC(=O)O4)[C@H]21. The lowest BCUT2D eigenvalue weighted by molar-refractivity contribution is -0.167. The number of esters is 1. The summed E-state index contributed by atoms with van der Waals surface area (Å²) in [6, 6.07) is 0. The first-order valence-corrected chi connectivity index (χ1v) is 12.2. The molecule has 7 atom stereocenters. The molecule has 4 nitrogen and oxygen atoms in total. The average Bonchev–Trinajstić information content (AvgIpc) is 3.17. The highest BCUT2D eigenvalue weighted by Gasteiger charge is 2.68. The van der Waals surface area contributed by atoms with Gasteiger partial charge in [-0.15, -0.1) is 0 Å². The van der Waals surface area contributed by atoms with Gasteiger partial charge in [-0.05, 0) is 74.2 Å². The monoisotopic (exact) mass is 416 g/mol. The van der Waals surface area contributed by atoms with Gasteiger partial charge in [0.1, 0.15) is 5.60 Å². The van der Waals surface area contributed by atoms with Crippen LogP contribution in [0.4, 0.5) is 0 Å². The zero-order valence-corrected chi connectivity index (χ0v) is 18.6. The number of hydrogen-bond acceptors (Lipinski definition) is 5. The summed E-state index contributed by atoms with van der Waals surface area (Å²) in [4.78, 5) is 36.4. The average molecular weight is 417 g/mol. The van der Waals surface area contributed by atoms with Gasteiger partial charge in [-0.3, -0.25) is 14.4 Å². The van der Waals surface area contributed by atoms with E-state index < -0.39 is 0 Å². The van der Waals surface area contributed by atoms with Crippen LogP contribution in [0.15, 0.2) is 11.6 Å². The molecule has 4 aliphatic carbocycles. The highest BCUT2D eigenvalue weighted by atomic mass is 32.2. The Morgan fingerprint density at radius 2 is 1.83 bits per heavy atom. The summed E-state index contributed by atoms with van der Waals surface area (Å²) in [6.07, 6.45) is 10.0. The predicted molar refractivity (Wildman–Crippen MR) is 112 cm³/mol. The third kappa shape index (κ3) is 2.68. The fourth-order valence-corrected chi connectivity index (χ4v) is 9.36. The van der Waals surface area contributed by atoms with Crippen LogP contribution in [0, 0.1) is 28.6 Å². The van der Waals surface area contributed by atoms with Crippen LogP contribution in [0.3, 0.4) is 0 Å². The highest BCUT2D eigenvalue weighted by molar-refractivity contribution is 8.14. The molecule has 0 unspecified atom stereocenters. The number of allylic oxidation sites excluding steroid dienone is 1. The van der Waals surface area contributed by atoms with E-state index in [0.717, 1.165) is 44.9 Å². The lowest BCUT2D eigenvalue weighted by atomic mass is 9.46. The Hall–Kier alpha value is -1.10. The molecule has 5 aliphatic rings. The van der Waals surface area contributed by atoms with Crippen LogP contribution in [0.1, 0.15) is 78.6 Å². The number of thioether (sulfide) groups is 1. The summed E-state index contributed by atoms with van der Waals surface area (Å²) in [7, 11) is 0. The first-order chi connectivity index (χ1) is 13.7. The van der Waals surface area contributed by atoms with Gasteiger partial charge in [-0.2, -0.15) is 0 Å². The molecule has 0 amide bonds. The second-order valence-corrected chi connectivity index (χ2v) is 12.1. The second-order valence-electron chi connectivity index (χ2n) is 10.7. The standard InChI is InChI=1S/C24H32O4S/c1-14(25)29-19-13-15-12-16(26)4-8-22(15,2)17-5-9-23(3)18(21(17)19)6-10-24(23)11-7-20(27)28-24/h12,17-19,21H,4-11,13H2,1-3H3/t17-,18+,19-,21+,22+,23+,24-/m1/s1. The molecule has 1 spiro atoms. The van der Waals surface area contributed by atoms with E-state index in [2.05, 4.69) is 13.8 Å². The Kier molecular flexibility index (Phi) is 4.41. The maximum Gasteiger partial charge on any atom is 0.306 e. The third-order valence-electron chi connectivity index (χ3n) is 9.61. The lowest BCUT2D eigenvalue weighted by Gasteiger charge is -2.61. The summed E-state index contributed by atoms with van der Waals surface area (Å²) < 4.78 is 6.06. The van der Waals surface area contributed by atoms with Crippen molar-refractivity contribution in [1.29, 1.82) is 0 Å². The molecule has 4 fully saturated rings. The van der Waals surface area contributed by atoms with E-state index in [0.29, 0.717) is 30.6 Å². The molecule has 0 aromatic heterocycles. The van der Waals surface area contributed by atoms with Crippen LogP contribution in [0.5, 0.6) is 0 Å². The Morgan fingerprint density at radius 1 is 1.07 bits per heavy atom. The normalized spacial score (nSPS) is 48.6. The van der Waals surface area contributed by atoms with Gasteiger partial charge in [0.05, 0.1) is 0 Å². The maximum absolute atomic E-state index is 12.2. The Balaban J connectivity index is 1.56. The summed E-state index contributed by atoms with van der Waals surface area (Å²) in [5, 5.41) is 0.409. The fourth-order valence-electron chi connectivity index (χ4n) is 8.13. The number of carbonyl (C=O) groups is 3. The van der Waals surface area contributed by atoms with E-state index in [4.69, 9.17) is 4.74 Å². The van der Waals surface area contributed by atoms with Gasteiger partial charge in [0.25, 0.3) is 0 Å². The molecule has 1 heterocycles. The molecular formula is C24H32O4S. The van der Waals surface area contributed by atoms with Gasteiger partial charge in [0.2, 0.25) is 0 Å². The van der Waals surface area contributed by atoms with Crippen LogP contribution in [-0.2, 0) is 19.1 Å². The van der Waals surface area contributed by atoms with Crippen LogP contribution in [0.25, 0.3) is 0 Å². The predicted octanol–water partition coefficient (Wildman–Crippen LogP) is 4.85. The number of ketones is 1. The smallest absolute Gasteiger partial charge is 0.306 e. The molecule has 0 aromatic rings. The molecule has 0 radical (unpaired) electrons. The van der Waals surface area contributed by atoms with Crippen LogP contribution >= 0.6 is 11.8 Å². The van der Waals surface area contributed by atoms with E-state index >= 15 is 0 Å². The van der Waals surface area contributed by atoms with Crippen molar-refractivity contribution >= 4 is 28.6 Å². The third-order valence-corrected chi connectivity index (χ3v) is 10.7. The van der Waals surface area contributed by atoms with Crippen molar-refractivity contribution in [2.75, 3.05) is 0 Å². The van der Waals surface area contributed by atoms with Crippen LogP contribution in [0.2, 0.25) is 0 Å². The molecule has 158 valence electrons. The van der Waals surface area contributed by atoms with E-state index in [-0.39, 0.29) is 38.5 Å². The Labute approximate surface area is 177 Å². The Morgan fingerprint density at radius 3 is 2.52 bits per heavy atom. The van der Waals surface area contributed by atoms with Crippen molar-refractivity contribution < 1.29 is 19.1 Å². The van der Waals surface area contributed by atoms with Gasteiger partial charge in [0, 0.05) is 30.4 Å². The second kappa shape index (κ2) is 6.45. The topological polar surface area (TPSA) is 60.4 Å². The minimum Gasteiger partial charge on any atom is -0.458 e. The first kappa shape index (κ1) is 19.8. The van der Waals surface area contributed by atoms with Gasteiger partial charge >= 0.3 is 5.97 Å². The molecule has 29 heavy (non-hydrogen) atoms. The number of fused-ring (bicyclic) bond motifs is 6. The van der Waals surface area contributed by atoms with Gasteiger partial charge in [-0.25, -0.2) is 0 Å². The first-order valence-electron chi connectivity index (χ1n) is 11.3. The summed E-state index contributed by atoms with van der Waals surface area (Å²) >= 11 is 1.50. The molecule has 1 aliphatic heterocycles. The van der Waals surface area contributed by atoms with Gasteiger partial charge in [-0.1, -0.05) is 31.2 Å². The molecule has 5 heteroatoms. The van der Waals surface area contributed by atoms with Crippen LogP contribution in [-0.4, -0.2) is 27.7 Å². The minimum atomic E-state index is -0.287. The molecular weight excluding hydrogens is 384 g/mol. The van der Waals surface area contributed by atoms with E-state index in [1.807, 2.05) is 6.08 Å². The zero-order chi connectivity index (χ0) is 20.6. The van der Waals surface area contributed by atoms with Gasteiger partial charge < -0.3 is 4.74 Å². The van der Waals surface area contributed by atoms with Gasteiger partial charge in [0.15, 0.2) is 10.9 Å². The number of ether oxygens (including phenoxy) is 1. The summed E-state index contributed by atoms with van der Waals surface area (Å²) in [6.45, 7) is 6.42. The van der Waals surface area contributed by atoms with E-state index in [1.54, 1.807) is 6.92 Å². The van der Waals surface area contributed by atoms with Crippen molar-refractivity contribution in [3.8, 4) is 0 Å². The van der Waals surface area contributed by atoms with Crippen molar-refractivity contribution in [2.24, 2.45) is 28.6 Å². The molecule has 0 aromatic carbocycles. The summed E-state index contributed by atoms with van der Waals surface area (Å²) in [5.74, 6) is 1.67. The van der Waals surface area contributed by atoms with Crippen molar-refractivity contribution in [2.45, 2.75) is 89.4 Å². The molecule has 1 saturated heterocycles. The quantitative estimate of drug-likeness (QED) is 0.572. The number of rotatable bonds is 1. The zero-order valence-electron chi connectivity index (χ0n) is 17.8. The van der Waals surface area contributed by atoms with Crippen molar-refractivity contribution in [1.82, 2.24) is 0 Å². The molecule has 3 saturated carbocycles. The lowest BCUT2D eigenvalue weighted by Crippen LogP contribution is -2.57. The largest absolute Gasteiger partial charge is 0.458 e. The van der Waals surface area contributed by atoms with Crippen molar-refractivity contribution in [3.63, 3.8) is 0 Å².